The Morgan fingerprint density at radius 2 is 1.83 bits per heavy atom. The molecule has 0 radical (unpaired) electrons. The van der Waals surface area contributed by atoms with Gasteiger partial charge in [0.15, 0.2) is 0 Å². The van der Waals surface area contributed by atoms with E-state index in [4.69, 9.17) is 0 Å². The molecule has 0 spiro atoms. The van der Waals surface area contributed by atoms with Gasteiger partial charge in [-0.05, 0) is 31.9 Å². The number of rotatable bonds is 3. The Balaban J connectivity index is 1.57. The minimum absolute atomic E-state index is 0.0505. The monoisotopic (exact) mass is 329 g/mol. The summed E-state index contributed by atoms with van der Waals surface area (Å²) in [6, 6.07) is 8.11. The Morgan fingerprint density at radius 1 is 1.17 bits per heavy atom. The Bertz CT molecular complexity index is 593. The maximum atomic E-state index is 12.5. The van der Waals surface area contributed by atoms with Crippen molar-refractivity contribution < 1.29 is 9.59 Å². The highest BCUT2D eigenvalue weighted by atomic mass is 16.2. The molecule has 24 heavy (non-hydrogen) atoms. The molecule has 1 atom stereocenters. The van der Waals surface area contributed by atoms with Gasteiger partial charge in [-0.2, -0.15) is 0 Å². The molecule has 130 valence electrons. The maximum absolute atomic E-state index is 12.5. The van der Waals surface area contributed by atoms with E-state index in [0.717, 1.165) is 18.5 Å². The van der Waals surface area contributed by atoms with Gasteiger partial charge in [-0.3, -0.25) is 4.79 Å². The van der Waals surface area contributed by atoms with Gasteiger partial charge in [0.1, 0.15) is 0 Å². The van der Waals surface area contributed by atoms with Crippen LogP contribution in [0.5, 0.6) is 0 Å². The standard InChI is InChI=1S/C19H27N3O2/c1-14-8-10-17(11-9-14)22-13-15(12-18(22)23)20-19(24)21(2)16-6-4-3-5-7-16/h8-11,15-16H,3-7,12-13H2,1-2H3,(H,20,24)/t15-/m0/s1. The van der Waals surface area contributed by atoms with Crippen LogP contribution in [0.15, 0.2) is 24.3 Å². The first-order valence-corrected chi connectivity index (χ1v) is 8.95. The van der Waals surface area contributed by atoms with Gasteiger partial charge in [0.05, 0.1) is 6.04 Å². The summed E-state index contributed by atoms with van der Waals surface area (Å²) < 4.78 is 0. The van der Waals surface area contributed by atoms with Crippen molar-refractivity contribution in [3.63, 3.8) is 0 Å². The van der Waals surface area contributed by atoms with Gasteiger partial charge in [0.25, 0.3) is 0 Å². The molecular formula is C19H27N3O2. The fraction of sp³-hybridized carbons (Fsp3) is 0.579. The van der Waals surface area contributed by atoms with Crippen LogP contribution in [-0.4, -0.2) is 42.5 Å². The summed E-state index contributed by atoms with van der Waals surface area (Å²) >= 11 is 0. The van der Waals surface area contributed by atoms with Crippen molar-refractivity contribution in [2.24, 2.45) is 0 Å². The first-order chi connectivity index (χ1) is 11.5. The van der Waals surface area contributed by atoms with Crippen molar-refractivity contribution in [2.75, 3.05) is 18.5 Å². The fourth-order valence-electron chi connectivity index (χ4n) is 3.69. The molecular weight excluding hydrogens is 302 g/mol. The number of aryl methyl sites for hydroxylation is 1. The van der Waals surface area contributed by atoms with Crippen molar-refractivity contribution in [1.29, 1.82) is 0 Å². The van der Waals surface area contributed by atoms with Gasteiger partial charge >= 0.3 is 6.03 Å². The second-order valence-corrected chi connectivity index (χ2v) is 7.09. The molecule has 2 aliphatic rings. The van der Waals surface area contributed by atoms with E-state index in [0.29, 0.717) is 19.0 Å². The second-order valence-electron chi connectivity index (χ2n) is 7.09. The smallest absolute Gasteiger partial charge is 0.317 e. The van der Waals surface area contributed by atoms with Crippen molar-refractivity contribution in [1.82, 2.24) is 10.2 Å². The lowest BCUT2D eigenvalue weighted by Crippen LogP contribution is -2.48. The van der Waals surface area contributed by atoms with Crippen LogP contribution in [0.2, 0.25) is 0 Å². The Hall–Kier alpha value is -2.04. The number of benzene rings is 1. The largest absolute Gasteiger partial charge is 0.333 e. The molecule has 1 aliphatic heterocycles. The normalized spacial score (nSPS) is 21.8. The fourth-order valence-corrected chi connectivity index (χ4v) is 3.69. The average Bonchev–Trinajstić information content (AvgIpc) is 2.96. The zero-order valence-corrected chi connectivity index (χ0v) is 14.6. The molecule has 1 saturated heterocycles. The van der Waals surface area contributed by atoms with E-state index in [2.05, 4.69) is 5.32 Å². The molecule has 1 aliphatic carbocycles. The summed E-state index contributed by atoms with van der Waals surface area (Å²) in [5, 5.41) is 3.04. The van der Waals surface area contributed by atoms with Gasteiger partial charge in [-0.25, -0.2) is 4.79 Å². The van der Waals surface area contributed by atoms with E-state index < -0.39 is 0 Å². The van der Waals surface area contributed by atoms with Crippen LogP contribution in [0, 0.1) is 6.92 Å². The maximum Gasteiger partial charge on any atom is 0.317 e. The van der Waals surface area contributed by atoms with Gasteiger partial charge in [-0.1, -0.05) is 37.0 Å². The molecule has 1 heterocycles. The number of nitrogens with zero attached hydrogens (tertiary/aromatic N) is 2. The third kappa shape index (κ3) is 3.71. The number of hydrogen-bond acceptors (Lipinski definition) is 2. The van der Waals surface area contributed by atoms with Crippen LogP contribution in [0.4, 0.5) is 10.5 Å². The number of hydrogen-bond donors (Lipinski definition) is 1. The summed E-state index contributed by atoms with van der Waals surface area (Å²) in [7, 11) is 1.87. The van der Waals surface area contributed by atoms with Crippen molar-refractivity contribution in [2.45, 2.75) is 57.5 Å². The Morgan fingerprint density at radius 3 is 2.50 bits per heavy atom. The van der Waals surface area contributed by atoms with Crippen LogP contribution in [0.1, 0.15) is 44.1 Å². The quantitative estimate of drug-likeness (QED) is 0.926. The Kier molecular flexibility index (Phi) is 5.07. The van der Waals surface area contributed by atoms with Crippen molar-refractivity contribution in [3.05, 3.63) is 29.8 Å². The molecule has 0 aromatic heterocycles. The van der Waals surface area contributed by atoms with Crippen LogP contribution in [0.25, 0.3) is 0 Å². The van der Waals surface area contributed by atoms with Crippen molar-refractivity contribution in [3.8, 4) is 0 Å². The lowest BCUT2D eigenvalue weighted by molar-refractivity contribution is -0.117. The number of anilines is 1. The predicted octanol–water partition coefficient (Wildman–Crippen LogP) is 3.07. The minimum atomic E-state index is -0.114. The van der Waals surface area contributed by atoms with Gasteiger partial charge in [-0.15, -0.1) is 0 Å². The summed E-state index contributed by atoms with van der Waals surface area (Å²) in [6.07, 6.45) is 6.22. The number of urea groups is 1. The topological polar surface area (TPSA) is 52.7 Å². The predicted molar refractivity (Wildman–Crippen MR) is 95.1 cm³/mol. The molecule has 0 bridgehead atoms. The van der Waals surface area contributed by atoms with Gasteiger partial charge in [0, 0.05) is 31.7 Å². The summed E-state index contributed by atoms with van der Waals surface area (Å²) in [5.74, 6) is 0.0736. The highest BCUT2D eigenvalue weighted by Gasteiger charge is 2.33. The highest BCUT2D eigenvalue weighted by molar-refractivity contribution is 5.96. The molecule has 1 N–H and O–H groups in total. The lowest BCUT2D eigenvalue weighted by atomic mass is 9.95. The molecule has 3 amide bonds. The number of nitrogens with one attached hydrogen (secondary N) is 1. The first kappa shape index (κ1) is 16.8. The zero-order chi connectivity index (χ0) is 17.1. The molecule has 1 saturated carbocycles. The van der Waals surface area contributed by atoms with Crippen LogP contribution < -0.4 is 10.2 Å². The lowest BCUT2D eigenvalue weighted by Gasteiger charge is -2.32. The van der Waals surface area contributed by atoms with E-state index in [9.17, 15) is 9.59 Å². The second kappa shape index (κ2) is 7.24. The SMILES string of the molecule is Cc1ccc(N2C[C@@H](NC(=O)N(C)C3CCCCC3)CC2=O)cc1. The van der Waals surface area contributed by atoms with Crippen LogP contribution in [-0.2, 0) is 4.79 Å². The van der Waals surface area contributed by atoms with E-state index in [1.54, 1.807) is 4.90 Å². The minimum Gasteiger partial charge on any atom is -0.333 e. The van der Waals surface area contributed by atoms with Crippen LogP contribution in [0.3, 0.4) is 0 Å². The third-order valence-corrected chi connectivity index (χ3v) is 5.24. The number of carbonyl (C=O) groups is 2. The average molecular weight is 329 g/mol. The summed E-state index contributed by atoms with van der Waals surface area (Å²) in [5.41, 5.74) is 2.08. The van der Waals surface area contributed by atoms with Gasteiger partial charge in [0.2, 0.25) is 5.91 Å². The van der Waals surface area contributed by atoms with E-state index in [1.165, 1.54) is 24.8 Å². The molecule has 3 rings (SSSR count). The van der Waals surface area contributed by atoms with Crippen molar-refractivity contribution >= 4 is 17.6 Å². The van der Waals surface area contributed by atoms with E-state index in [1.807, 2.05) is 43.1 Å². The molecule has 0 unspecified atom stereocenters. The van der Waals surface area contributed by atoms with Crippen LogP contribution >= 0.6 is 0 Å². The highest BCUT2D eigenvalue weighted by Crippen LogP contribution is 2.24. The molecule has 5 nitrogen and oxygen atoms in total. The van der Waals surface area contributed by atoms with Gasteiger partial charge < -0.3 is 15.1 Å². The number of carbonyl (C=O) groups excluding carboxylic acids is 2. The zero-order valence-electron chi connectivity index (χ0n) is 14.6. The molecule has 2 fully saturated rings. The molecule has 5 heteroatoms. The molecule has 1 aromatic rings. The first-order valence-electron chi connectivity index (χ1n) is 8.95. The number of amides is 3. The van der Waals surface area contributed by atoms with E-state index >= 15 is 0 Å². The molecule has 1 aromatic carbocycles. The summed E-state index contributed by atoms with van der Waals surface area (Å²) in [4.78, 5) is 28.4. The summed E-state index contributed by atoms with van der Waals surface area (Å²) in [6.45, 7) is 2.58. The van der Waals surface area contributed by atoms with E-state index in [-0.39, 0.29) is 18.0 Å². The third-order valence-electron chi connectivity index (χ3n) is 5.24. The Labute approximate surface area is 144 Å².